The number of hydrogen-bond donors (Lipinski definition) is 1. The van der Waals surface area contributed by atoms with Gasteiger partial charge in [0.1, 0.15) is 6.54 Å². The summed E-state index contributed by atoms with van der Waals surface area (Å²) in [5, 5.41) is 0. The summed E-state index contributed by atoms with van der Waals surface area (Å²) in [6.45, 7) is 1.73. The van der Waals surface area contributed by atoms with Crippen LogP contribution in [0.4, 0.5) is 37.7 Å². The summed E-state index contributed by atoms with van der Waals surface area (Å²) in [5.41, 5.74) is 4.08. The van der Waals surface area contributed by atoms with Crippen LogP contribution in [-0.2, 0) is 6.18 Å². The van der Waals surface area contributed by atoms with Gasteiger partial charge in [0, 0.05) is 6.04 Å². The standard InChI is InChI=1S/C12H14F6N2/c1-7(2)20(6-11(13,14)15)10-4-3-8(5-9(10)19)12(16,17)18/h3-5,7H,6,19H2,1-2H3. The number of halogens is 6. The van der Waals surface area contributed by atoms with Crippen molar-refractivity contribution < 1.29 is 26.3 Å². The highest BCUT2D eigenvalue weighted by Crippen LogP contribution is 2.35. The molecule has 0 unspecified atom stereocenters. The summed E-state index contributed by atoms with van der Waals surface area (Å²) in [7, 11) is 0. The maximum atomic E-state index is 12.5. The first-order chi connectivity index (χ1) is 8.92. The first kappa shape index (κ1) is 16.5. The Balaban J connectivity index is 3.16. The van der Waals surface area contributed by atoms with Gasteiger partial charge in [-0.1, -0.05) is 0 Å². The van der Waals surface area contributed by atoms with E-state index in [0.29, 0.717) is 6.07 Å². The van der Waals surface area contributed by atoms with E-state index in [4.69, 9.17) is 5.73 Å². The molecule has 2 nitrogen and oxygen atoms in total. The molecule has 0 amide bonds. The zero-order valence-corrected chi connectivity index (χ0v) is 10.8. The smallest absolute Gasteiger partial charge is 0.397 e. The van der Waals surface area contributed by atoms with Crippen molar-refractivity contribution in [3.8, 4) is 0 Å². The van der Waals surface area contributed by atoms with E-state index in [1.165, 1.54) is 13.8 Å². The summed E-state index contributed by atoms with van der Waals surface area (Å²) in [6, 6.07) is 1.76. The Bertz CT molecular complexity index is 464. The van der Waals surface area contributed by atoms with Gasteiger partial charge in [-0.15, -0.1) is 0 Å². The van der Waals surface area contributed by atoms with Crippen molar-refractivity contribution in [3.05, 3.63) is 23.8 Å². The van der Waals surface area contributed by atoms with Crippen molar-refractivity contribution in [1.82, 2.24) is 0 Å². The van der Waals surface area contributed by atoms with Crippen molar-refractivity contribution in [2.45, 2.75) is 32.2 Å². The number of rotatable bonds is 3. The maximum Gasteiger partial charge on any atom is 0.416 e. The lowest BCUT2D eigenvalue weighted by Crippen LogP contribution is -2.39. The lowest BCUT2D eigenvalue weighted by molar-refractivity contribution is -0.137. The van der Waals surface area contributed by atoms with Gasteiger partial charge in [-0.2, -0.15) is 26.3 Å². The normalized spacial score (nSPS) is 12.8. The Kier molecular flexibility index (Phi) is 4.45. The number of benzene rings is 1. The van der Waals surface area contributed by atoms with Crippen LogP contribution < -0.4 is 10.6 Å². The highest BCUT2D eigenvalue weighted by atomic mass is 19.4. The molecule has 0 aromatic heterocycles. The Morgan fingerprint density at radius 1 is 1.10 bits per heavy atom. The van der Waals surface area contributed by atoms with Crippen LogP contribution in [-0.4, -0.2) is 18.8 Å². The summed E-state index contributed by atoms with van der Waals surface area (Å²) >= 11 is 0. The largest absolute Gasteiger partial charge is 0.416 e. The monoisotopic (exact) mass is 300 g/mol. The van der Waals surface area contributed by atoms with Gasteiger partial charge < -0.3 is 10.6 Å². The molecule has 2 N–H and O–H groups in total. The molecule has 0 radical (unpaired) electrons. The third kappa shape index (κ3) is 4.21. The Morgan fingerprint density at radius 3 is 2.00 bits per heavy atom. The molecule has 20 heavy (non-hydrogen) atoms. The molecule has 0 saturated carbocycles. The molecule has 0 saturated heterocycles. The molecule has 0 aliphatic rings. The molecule has 0 bridgehead atoms. The number of anilines is 2. The third-order valence-electron chi connectivity index (χ3n) is 2.64. The maximum absolute atomic E-state index is 12.5. The number of hydrogen-bond acceptors (Lipinski definition) is 2. The van der Waals surface area contributed by atoms with Crippen LogP contribution in [0.5, 0.6) is 0 Å². The first-order valence-corrected chi connectivity index (χ1v) is 5.72. The zero-order valence-electron chi connectivity index (χ0n) is 10.8. The fourth-order valence-corrected chi connectivity index (χ4v) is 1.73. The fraction of sp³-hybridized carbons (Fsp3) is 0.500. The van der Waals surface area contributed by atoms with E-state index in [2.05, 4.69) is 0 Å². The highest BCUT2D eigenvalue weighted by molar-refractivity contribution is 5.69. The third-order valence-corrected chi connectivity index (χ3v) is 2.64. The molecule has 1 rings (SSSR count). The molecule has 0 fully saturated rings. The molecule has 0 heterocycles. The molecule has 0 atom stereocenters. The van der Waals surface area contributed by atoms with E-state index in [-0.39, 0.29) is 11.4 Å². The quantitative estimate of drug-likeness (QED) is 0.673. The summed E-state index contributed by atoms with van der Waals surface area (Å²) < 4.78 is 74.9. The molecule has 0 aliphatic carbocycles. The summed E-state index contributed by atoms with van der Waals surface area (Å²) in [6.07, 6.45) is -9.06. The minimum atomic E-state index is -4.58. The Labute approximate surface area is 112 Å². The van der Waals surface area contributed by atoms with Crippen LogP contribution in [0, 0.1) is 0 Å². The van der Waals surface area contributed by atoms with Gasteiger partial charge in [0.05, 0.1) is 16.9 Å². The average Bonchev–Trinajstić information content (AvgIpc) is 2.23. The van der Waals surface area contributed by atoms with E-state index in [1.807, 2.05) is 0 Å². The molecule has 8 heteroatoms. The second-order valence-electron chi connectivity index (χ2n) is 4.61. The van der Waals surface area contributed by atoms with Crippen molar-refractivity contribution in [2.75, 3.05) is 17.2 Å². The summed E-state index contributed by atoms with van der Waals surface area (Å²) in [4.78, 5) is 0.912. The van der Waals surface area contributed by atoms with Gasteiger partial charge >= 0.3 is 12.4 Å². The van der Waals surface area contributed by atoms with Crippen LogP contribution in [0.15, 0.2) is 18.2 Å². The van der Waals surface area contributed by atoms with Crippen molar-refractivity contribution >= 4 is 11.4 Å². The zero-order chi connectivity index (χ0) is 15.7. The average molecular weight is 300 g/mol. The lowest BCUT2D eigenvalue weighted by atomic mass is 10.1. The van der Waals surface area contributed by atoms with Gasteiger partial charge in [-0.3, -0.25) is 0 Å². The molecular formula is C12H14F6N2. The van der Waals surface area contributed by atoms with Gasteiger partial charge in [0.2, 0.25) is 0 Å². The van der Waals surface area contributed by atoms with Gasteiger partial charge in [0.15, 0.2) is 0 Å². The molecule has 1 aromatic carbocycles. The molecule has 0 aliphatic heterocycles. The molecule has 0 spiro atoms. The van der Waals surface area contributed by atoms with Crippen molar-refractivity contribution in [1.29, 1.82) is 0 Å². The van der Waals surface area contributed by atoms with E-state index in [1.54, 1.807) is 0 Å². The molecule has 1 aromatic rings. The first-order valence-electron chi connectivity index (χ1n) is 5.72. The summed E-state index contributed by atoms with van der Waals surface area (Å²) in [5.74, 6) is 0. The van der Waals surface area contributed by atoms with E-state index >= 15 is 0 Å². The predicted molar refractivity (Wildman–Crippen MR) is 64.4 cm³/mol. The minimum Gasteiger partial charge on any atom is -0.397 e. The van der Waals surface area contributed by atoms with E-state index < -0.39 is 30.5 Å². The van der Waals surface area contributed by atoms with Crippen LogP contribution >= 0.6 is 0 Å². The van der Waals surface area contributed by atoms with E-state index in [9.17, 15) is 26.3 Å². The van der Waals surface area contributed by atoms with Crippen LogP contribution in [0.1, 0.15) is 19.4 Å². The molecular weight excluding hydrogens is 286 g/mol. The van der Waals surface area contributed by atoms with Crippen molar-refractivity contribution in [2.24, 2.45) is 0 Å². The van der Waals surface area contributed by atoms with Crippen molar-refractivity contribution in [3.63, 3.8) is 0 Å². The SMILES string of the molecule is CC(C)N(CC(F)(F)F)c1ccc(C(F)(F)F)cc1N. The lowest BCUT2D eigenvalue weighted by Gasteiger charge is -2.31. The second kappa shape index (κ2) is 5.41. The number of nitrogens with zero attached hydrogens (tertiary/aromatic N) is 1. The second-order valence-corrected chi connectivity index (χ2v) is 4.61. The van der Waals surface area contributed by atoms with Crippen LogP contribution in [0.3, 0.4) is 0 Å². The predicted octanol–water partition coefficient (Wildman–Crippen LogP) is 4.06. The Morgan fingerprint density at radius 2 is 1.65 bits per heavy atom. The fourth-order valence-electron chi connectivity index (χ4n) is 1.73. The molecule has 114 valence electrons. The topological polar surface area (TPSA) is 29.3 Å². The van der Waals surface area contributed by atoms with Crippen LogP contribution in [0.25, 0.3) is 0 Å². The minimum absolute atomic E-state index is 0.0645. The number of nitrogen functional groups attached to an aromatic ring is 1. The Hall–Kier alpha value is -1.60. The highest BCUT2D eigenvalue weighted by Gasteiger charge is 2.34. The van der Waals surface area contributed by atoms with Crippen LogP contribution in [0.2, 0.25) is 0 Å². The number of nitrogens with two attached hydrogens (primary N) is 1. The van der Waals surface area contributed by atoms with E-state index in [0.717, 1.165) is 17.0 Å². The number of alkyl halides is 6. The van der Waals surface area contributed by atoms with Gasteiger partial charge in [-0.25, -0.2) is 0 Å². The van der Waals surface area contributed by atoms with Gasteiger partial charge in [-0.05, 0) is 32.0 Å². The van der Waals surface area contributed by atoms with Gasteiger partial charge in [0.25, 0.3) is 0 Å².